The van der Waals surface area contributed by atoms with E-state index in [4.69, 9.17) is 21.1 Å². The van der Waals surface area contributed by atoms with Crippen LogP contribution in [0.15, 0.2) is 36.4 Å². The van der Waals surface area contributed by atoms with Crippen molar-refractivity contribution in [3.63, 3.8) is 0 Å². The van der Waals surface area contributed by atoms with Crippen LogP contribution >= 0.6 is 11.6 Å². The quantitative estimate of drug-likeness (QED) is 0.426. The smallest absolute Gasteiger partial charge is 0.337 e. The minimum absolute atomic E-state index is 0.0193. The Kier molecular flexibility index (Phi) is 5.79. The molecule has 3 atom stereocenters. The monoisotopic (exact) mass is 489 g/mol. The van der Waals surface area contributed by atoms with Gasteiger partial charge in [0.05, 0.1) is 25.0 Å². The van der Waals surface area contributed by atoms with Crippen molar-refractivity contribution in [3.8, 4) is 5.75 Å². The largest absolute Gasteiger partial charge is 0.490 e. The van der Waals surface area contributed by atoms with Gasteiger partial charge < -0.3 is 19.2 Å². The lowest BCUT2D eigenvalue weighted by molar-refractivity contribution is -0.115. The highest BCUT2D eigenvalue weighted by molar-refractivity contribution is 6.30. The Balaban J connectivity index is 1.59. The fraction of sp³-hybridized carbons (Fsp3) is 0.462. The van der Waals surface area contributed by atoms with E-state index in [2.05, 4.69) is 4.90 Å². The molecule has 1 aliphatic heterocycles. The van der Waals surface area contributed by atoms with Crippen molar-refractivity contribution < 1.29 is 27.8 Å². The number of methoxy groups -OCH3 is 1. The van der Waals surface area contributed by atoms with Gasteiger partial charge in [-0.05, 0) is 61.1 Å². The fourth-order valence-electron chi connectivity index (χ4n) is 5.55. The first-order valence-electron chi connectivity index (χ1n) is 11.5. The Morgan fingerprint density at radius 3 is 2.74 bits per heavy atom. The van der Waals surface area contributed by atoms with Crippen LogP contribution in [0.5, 0.6) is 5.75 Å². The molecule has 0 radical (unpaired) electrons. The van der Waals surface area contributed by atoms with E-state index >= 15 is 0 Å². The summed E-state index contributed by atoms with van der Waals surface area (Å²) in [5.74, 6) is -2.71. The molecular formula is C26H26ClF2NO4. The molecule has 0 bridgehead atoms. The van der Waals surface area contributed by atoms with Crippen molar-refractivity contribution >= 4 is 29.5 Å². The minimum Gasteiger partial charge on any atom is -0.490 e. The Bertz CT molecular complexity index is 1140. The molecule has 0 saturated heterocycles. The summed E-state index contributed by atoms with van der Waals surface area (Å²) in [5, 5.41) is 0.274. The number of anilines is 1. The number of hydrogen-bond acceptors (Lipinski definition) is 5. The van der Waals surface area contributed by atoms with E-state index in [0.717, 1.165) is 19.1 Å². The zero-order valence-corrected chi connectivity index (χ0v) is 19.6. The second-order valence-corrected chi connectivity index (χ2v) is 10.1. The lowest BCUT2D eigenvalue weighted by Crippen LogP contribution is -2.50. The summed E-state index contributed by atoms with van der Waals surface area (Å²) < 4.78 is 41.0. The molecule has 0 N–H and O–H groups in total. The van der Waals surface area contributed by atoms with Crippen molar-refractivity contribution in [2.45, 2.75) is 37.0 Å². The molecule has 1 heterocycles. The molecule has 1 saturated carbocycles. The lowest BCUT2D eigenvalue weighted by Gasteiger charge is -2.45. The highest BCUT2D eigenvalue weighted by atomic mass is 35.5. The summed E-state index contributed by atoms with van der Waals surface area (Å²) in [5.41, 5.74) is 0.898. The third-order valence-corrected chi connectivity index (χ3v) is 7.92. The number of fused-ring (bicyclic) bond motifs is 3. The average molecular weight is 490 g/mol. The number of carbonyl (C=O) groups is 2. The van der Waals surface area contributed by atoms with Gasteiger partial charge in [0.1, 0.15) is 12.0 Å². The van der Waals surface area contributed by atoms with Gasteiger partial charge in [-0.15, -0.1) is 0 Å². The summed E-state index contributed by atoms with van der Waals surface area (Å²) in [6.45, 7) is 1.23. The van der Waals surface area contributed by atoms with Crippen LogP contribution in [-0.4, -0.2) is 39.1 Å². The van der Waals surface area contributed by atoms with Crippen LogP contribution in [-0.2, 0) is 20.9 Å². The van der Waals surface area contributed by atoms with Crippen LogP contribution < -0.4 is 9.64 Å². The highest BCUT2D eigenvalue weighted by Gasteiger charge is 2.50. The number of hydrogen-bond donors (Lipinski definition) is 0. The number of aldehydes is 1. The van der Waals surface area contributed by atoms with Crippen LogP contribution in [0.3, 0.4) is 0 Å². The standard InChI is InChI=1S/C26H26ClF2NO4/c1-33-24(32)16-4-7-23-22(10-16)30(12-17-2-3-18(17)13-31)14-25(15-34-23)8-9-26(28,29)21-11-19(27)5-6-20(21)25/h4-7,10-11,13,17-18H,2-3,8-9,12,14-15H2,1H3/t17-,18-,25-/m0/s1. The van der Waals surface area contributed by atoms with Crippen LogP contribution in [0, 0.1) is 11.8 Å². The van der Waals surface area contributed by atoms with Gasteiger partial charge in [0, 0.05) is 41.4 Å². The lowest BCUT2D eigenvalue weighted by atomic mass is 9.68. The summed E-state index contributed by atoms with van der Waals surface area (Å²) in [4.78, 5) is 25.8. The average Bonchev–Trinajstić information content (AvgIpc) is 2.97. The van der Waals surface area contributed by atoms with Crippen LogP contribution in [0.4, 0.5) is 14.5 Å². The predicted molar refractivity (Wildman–Crippen MR) is 124 cm³/mol. The maximum absolute atomic E-state index is 14.9. The molecular weight excluding hydrogens is 464 g/mol. The molecule has 1 fully saturated rings. The van der Waals surface area contributed by atoms with Crippen molar-refractivity contribution in [1.82, 2.24) is 0 Å². The van der Waals surface area contributed by atoms with Gasteiger partial charge in [-0.2, -0.15) is 0 Å². The van der Waals surface area contributed by atoms with E-state index in [1.165, 1.54) is 13.2 Å². The number of esters is 1. The molecule has 0 amide bonds. The summed E-state index contributed by atoms with van der Waals surface area (Å²) in [7, 11) is 1.32. The number of benzene rings is 2. The molecule has 34 heavy (non-hydrogen) atoms. The van der Waals surface area contributed by atoms with Gasteiger partial charge in [0.15, 0.2) is 0 Å². The Hall–Kier alpha value is -2.67. The highest BCUT2D eigenvalue weighted by Crippen LogP contribution is 2.51. The third kappa shape index (κ3) is 3.84. The summed E-state index contributed by atoms with van der Waals surface area (Å²) in [6, 6.07) is 9.81. The van der Waals surface area contributed by atoms with E-state index in [1.54, 1.807) is 30.3 Å². The number of rotatable bonds is 4. The van der Waals surface area contributed by atoms with Crippen LogP contribution in [0.25, 0.3) is 0 Å². The Morgan fingerprint density at radius 2 is 2.03 bits per heavy atom. The van der Waals surface area contributed by atoms with Crippen molar-refractivity contribution in [2.24, 2.45) is 11.8 Å². The maximum Gasteiger partial charge on any atom is 0.337 e. The van der Waals surface area contributed by atoms with E-state index in [-0.39, 0.29) is 41.9 Å². The molecule has 0 unspecified atom stereocenters. The zero-order chi connectivity index (χ0) is 24.1. The summed E-state index contributed by atoms with van der Waals surface area (Å²) >= 11 is 6.10. The number of nitrogens with zero attached hydrogens (tertiary/aromatic N) is 1. The first-order chi connectivity index (χ1) is 16.3. The van der Waals surface area contributed by atoms with E-state index in [0.29, 0.717) is 35.7 Å². The van der Waals surface area contributed by atoms with Crippen LogP contribution in [0.1, 0.15) is 47.2 Å². The molecule has 2 aliphatic carbocycles. The van der Waals surface area contributed by atoms with Crippen LogP contribution in [0.2, 0.25) is 5.02 Å². The molecule has 180 valence electrons. The number of alkyl halides is 2. The molecule has 8 heteroatoms. The predicted octanol–water partition coefficient (Wildman–Crippen LogP) is 5.37. The topological polar surface area (TPSA) is 55.8 Å². The first-order valence-corrected chi connectivity index (χ1v) is 11.9. The van der Waals surface area contributed by atoms with Crippen molar-refractivity contribution in [2.75, 3.05) is 31.7 Å². The second-order valence-electron chi connectivity index (χ2n) is 9.66. The number of carbonyl (C=O) groups excluding carboxylic acids is 2. The zero-order valence-electron chi connectivity index (χ0n) is 18.9. The molecule has 5 rings (SSSR count). The molecule has 0 aromatic heterocycles. The van der Waals surface area contributed by atoms with Gasteiger partial charge in [0.25, 0.3) is 5.92 Å². The normalized spacial score (nSPS) is 27.0. The molecule has 1 spiro atoms. The molecule has 2 aromatic rings. The Morgan fingerprint density at radius 1 is 1.21 bits per heavy atom. The third-order valence-electron chi connectivity index (χ3n) is 7.69. The van der Waals surface area contributed by atoms with Crippen molar-refractivity contribution in [1.29, 1.82) is 0 Å². The Labute approximate surface area is 202 Å². The van der Waals surface area contributed by atoms with E-state index in [1.807, 2.05) is 0 Å². The maximum atomic E-state index is 14.9. The van der Waals surface area contributed by atoms with Gasteiger partial charge in [0.2, 0.25) is 0 Å². The van der Waals surface area contributed by atoms with Gasteiger partial charge in [-0.3, -0.25) is 0 Å². The second kappa shape index (κ2) is 8.52. The fourth-order valence-corrected chi connectivity index (χ4v) is 5.72. The van der Waals surface area contributed by atoms with Gasteiger partial charge >= 0.3 is 5.97 Å². The molecule has 5 nitrogen and oxygen atoms in total. The summed E-state index contributed by atoms with van der Waals surface area (Å²) in [6.07, 6.45) is 2.71. The number of halogens is 3. The van der Waals surface area contributed by atoms with Crippen molar-refractivity contribution in [3.05, 3.63) is 58.1 Å². The number of ether oxygens (including phenoxy) is 2. The first kappa shape index (κ1) is 23.1. The molecule has 3 aliphatic rings. The van der Waals surface area contributed by atoms with Gasteiger partial charge in [-0.25, -0.2) is 13.6 Å². The van der Waals surface area contributed by atoms with Gasteiger partial charge in [-0.1, -0.05) is 17.7 Å². The van der Waals surface area contributed by atoms with E-state index in [9.17, 15) is 18.4 Å². The molecule has 2 aromatic carbocycles. The van der Waals surface area contributed by atoms with E-state index < -0.39 is 17.3 Å². The minimum atomic E-state index is -2.97. The SMILES string of the molecule is COC(=O)c1ccc2c(c1)N(C[C@@H]1CC[C@H]1C=O)C[C@@]1(CCC(F)(F)c3cc(Cl)ccc31)CO2.